The summed E-state index contributed by atoms with van der Waals surface area (Å²) in [6.45, 7) is 3.84. The first-order chi connectivity index (χ1) is 19.8. The maximum atomic E-state index is 12.9. The van der Waals surface area contributed by atoms with Crippen molar-refractivity contribution in [2.45, 2.75) is 93.9 Å². The number of benzene rings is 1. The Kier molecular flexibility index (Phi) is 11.7. The lowest BCUT2D eigenvalue weighted by molar-refractivity contribution is -0.150. The highest BCUT2D eigenvalue weighted by atomic mass is 32.2. The molecule has 0 spiro atoms. The van der Waals surface area contributed by atoms with E-state index in [0.717, 1.165) is 31.7 Å². The van der Waals surface area contributed by atoms with Crippen LogP contribution >= 0.6 is 0 Å². The molecule has 0 bridgehead atoms. The molecule has 2 unspecified atom stereocenters. The molecule has 234 valence electrons. The van der Waals surface area contributed by atoms with Crippen LogP contribution in [0.2, 0.25) is 0 Å². The number of aromatic nitrogens is 3. The normalized spacial score (nSPS) is 23.2. The van der Waals surface area contributed by atoms with Crippen LogP contribution in [0, 0.1) is 6.92 Å². The van der Waals surface area contributed by atoms with Crippen LogP contribution in [0.25, 0.3) is 0 Å². The van der Waals surface area contributed by atoms with E-state index in [2.05, 4.69) is 37.8 Å². The van der Waals surface area contributed by atoms with Crippen LogP contribution in [0.4, 0.5) is 0 Å². The fourth-order valence-corrected chi connectivity index (χ4v) is 5.55. The van der Waals surface area contributed by atoms with Gasteiger partial charge in [-0.1, -0.05) is 42.7 Å². The zero-order chi connectivity index (χ0) is 31.1. The lowest BCUT2D eigenvalue weighted by atomic mass is 9.97. The van der Waals surface area contributed by atoms with E-state index in [1.165, 1.54) is 23.0 Å². The average molecular weight is 612 g/mol. The van der Waals surface area contributed by atoms with E-state index in [0.29, 0.717) is 17.8 Å². The molecule has 0 aliphatic carbocycles. The highest BCUT2D eigenvalue weighted by molar-refractivity contribution is 7.89. The Balaban J connectivity index is 1.76. The van der Waals surface area contributed by atoms with Gasteiger partial charge in [-0.3, -0.25) is 4.79 Å². The summed E-state index contributed by atoms with van der Waals surface area (Å²) >= 11 is 0. The van der Waals surface area contributed by atoms with E-state index < -0.39 is 58.5 Å². The summed E-state index contributed by atoms with van der Waals surface area (Å²) < 4.78 is 28.9. The maximum absolute atomic E-state index is 12.9. The number of hydrazone groups is 1. The molecule has 1 aromatic carbocycles. The van der Waals surface area contributed by atoms with Crippen molar-refractivity contribution in [3.63, 3.8) is 0 Å². The van der Waals surface area contributed by atoms with Crippen molar-refractivity contribution in [3.8, 4) is 0 Å². The minimum atomic E-state index is -4.10. The summed E-state index contributed by atoms with van der Waals surface area (Å²) in [4.78, 5) is 12.9. The second-order valence-electron chi connectivity index (χ2n) is 10.5. The summed E-state index contributed by atoms with van der Waals surface area (Å²) in [5, 5.41) is 66.3. The van der Waals surface area contributed by atoms with E-state index in [1.54, 1.807) is 19.1 Å². The fraction of sp³-hybridized carbons (Fsp3) is 0.615. The smallest absolute Gasteiger partial charge is 0.276 e. The number of aliphatic hydroxyl groups is 5. The first kappa shape index (κ1) is 33.7. The Morgan fingerprint density at radius 2 is 1.88 bits per heavy atom. The van der Waals surface area contributed by atoms with Crippen molar-refractivity contribution < 1.29 is 38.7 Å². The molecule has 3 rings (SSSR count). The number of nitrogens with one attached hydrogen (secondary N) is 3. The third-order valence-electron chi connectivity index (χ3n) is 7.33. The van der Waals surface area contributed by atoms with E-state index >= 15 is 0 Å². The SMILES string of the molecule is CCCCCc1nnn(C[C@H]2N[C@H](CO)[C@@H](O)[C@@H]2O)c1/C=N/NC(=O)C(O)(CNS(=O)(=O)c1ccc(C)cc1)C(C)O. The molecule has 1 saturated heterocycles. The van der Waals surface area contributed by atoms with Crippen LogP contribution in [0.15, 0.2) is 34.3 Å². The van der Waals surface area contributed by atoms with Crippen LogP contribution < -0.4 is 15.5 Å². The van der Waals surface area contributed by atoms with Gasteiger partial charge in [-0.2, -0.15) is 5.10 Å². The predicted octanol–water partition coefficient (Wildman–Crippen LogP) is -2.09. The van der Waals surface area contributed by atoms with Crippen LogP contribution in [0.5, 0.6) is 0 Å². The number of aryl methyl sites for hydroxylation is 2. The second-order valence-corrected chi connectivity index (χ2v) is 12.3. The van der Waals surface area contributed by atoms with Crippen LogP contribution in [0.1, 0.15) is 50.1 Å². The highest BCUT2D eigenvalue weighted by Crippen LogP contribution is 2.18. The molecule has 1 amide bonds. The molecule has 0 saturated carbocycles. The van der Waals surface area contributed by atoms with Crippen molar-refractivity contribution >= 4 is 22.1 Å². The fourth-order valence-electron chi connectivity index (χ4n) is 4.48. The van der Waals surface area contributed by atoms with Gasteiger partial charge in [0.05, 0.1) is 66.9 Å². The molecule has 15 nitrogen and oxygen atoms in total. The molecule has 1 aliphatic rings. The number of nitrogens with zero attached hydrogens (tertiary/aromatic N) is 4. The number of aliphatic hydroxyl groups excluding tert-OH is 4. The molecule has 0 radical (unpaired) electrons. The Hall–Kier alpha value is -2.83. The molecule has 1 aliphatic heterocycles. The number of carbonyl (C=O) groups is 1. The van der Waals surface area contributed by atoms with Gasteiger partial charge in [0, 0.05) is 0 Å². The first-order valence-electron chi connectivity index (χ1n) is 13.8. The van der Waals surface area contributed by atoms with E-state index in [9.17, 15) is 38.7 Å². The van der Waals surface area contributed by atoms with E-state index in [-0.39, 0.29) is 18.0 Å². The third kappa shape index (κ3) is 7.96. The van der Waals surface area contributed by atoms with Gasteiger partial charge in [-0.05, 0) is 38.8 Å². The number of sulfonamides is 1. The minimum Gasteiger partial charge on any atom is -0.395 e. The molecule has 8 N–H and O–H groups in total. The Bertz CT molecular complexity index is 1320. The van der Waals surface area contributed by atoms with Gasteiger partial charge in [0.25, 0.3) is 5.91 Å². The molecule has 6 atom stereocenters. The number of hydrogen-bond acceptors (Lipinski definition) is 12. The number of unbranched alkanes of at least 4 members (excludes halogenated alkanes) is 2. The quantitative estimate of drug-likeness (QED) is 0.0618. The average Bonchev–Trinajstić information content (AvgIpc) is 3.46. The van der Waals surface area contributed by atoms with E-state index in [4.69, 9.17) is 0 Å². The minimum absolute atomic E-state index is 0.0587. The molecular weight excluding hydrogens is 570 g/mol. The Labute approximate surface area is 244 Å². The van der Waals surface area contributed by atoms with Gasteiger partial charge in [0.2, 0.25) is 10.0 Å². The standard InChI is InChI=1S/C26H41N7O8S/c1-4-5-6-7-19-22(33(32-30-19)13-20-23(36)24(37)21(14-34)29-20)12-27-31-25(38)26(39,17(3)35)15-28-42(40,41)18-10-8-16(2)9-11-18/h8-12,17,20-21,23-24,28-29,34-37,39H,4-7,13-15H2,1-3H3,(H,31,38)/b27-12+/t17?,20-,21-,23-,24-,26?/m1/s1. The van der Waals surface area contributed by atoms with Gasteiger partial charge in [0.1, 0.15) is 5.69 Å². The monoisotopic (exact) mass is 611 g/mol. The lowest BCUT2D eigenvalue weighted by Gasteiger charge is -2.28. The van der Waals surface area contributed by atoms with Crippen molar-refractivity contribution in [3.05, 3.63) is 41.2 Å². The number of amides is 1. The van der Waals surface area contributed by atoms with Crippen LogP contribution in [-0.2, 0) is 27.8 Å². The van der Waals surface area contributed by atoms with Gasteiger partial charge < -0.3 is 30.8 Å². The molecule has 16 heteroatoms. The van der Waals surface area contributed by atoms with Crippen molar-refractivity contribution in [2.24, 2.45) is 5.10 Å². The van der Waals surface area contributed by atoms with Crippen molar-refractivity contribution in [2.75, 3.05) is 13.2 Å². The summed E-state index contributed by atoms with van der Waals surface area (Å²) in [6.07, 6.45) is 0.482. The van der Waals surface area contributed by atoms with Gasteiger partial charge in [0.15, 0.2) is 5.60 Å². The molecule has 2 heterocycles. The Morgan fingerprint density at radius 3 is 2.48 bits per heavy atom. The van der Waals surface area contributed by atoms with Gasteiger partial charge in [-0.25, -0.2) is 23.2 Å². The van der Waals surface area contributed by atoms with Crippen molar-refractivity contribution in [1.82, 2.24) is 30.5 Å². The molecular formula is C26H41N7O8S. The molecule has 1 aromatic heterocycles. The zero-order valence-corrected chi connectivity index (χ0v) is 24.7. The largest absolute Gasteiger partial charge is 0.395 e. The van der Waals surface area contributed by atoms with Gasteiger partial charge in [-0.15, -0.1) is 5.10 Å². The second kappa shape index (κ2) is 14.6. The highest BCUT2D eigenvalue weighted by Gasteiger charge is 2.43. The number of hydrogen-bond donors (Lipinski definition) is 8. The topological polar surface area (TPSA) is 232 Å². The summed E-state index contributed by atoms with van der Waals surface area (Å²) in [5.74, 6) is -1.16. The summed E-state index contributed by atoms with van der Waals surface area (Å²) in [5.41, 5.74) is 1.39. The number of rotatable bonds is 15. The van der Waals surface area contributed by atoms with Crippen LogP contribution in [0.3, 0.4) is 0 Å². The van der Waals surface area contributed by atoms with Crippen molar-refractivity contribution in [1.29, 1.82) is 0 Å². The van der Waals surface area contributed by atoms with Crippen LogP contribution in [-0.4, -0.2) is 110 Å². The molecule has 2 aromatic rings. The van der Waals surface area contributed by atoms with E-state index in [1.807, 2.05) is 0 Å². The summed E-state index contributed by atoms with van der Waals surface area (Å²) in [6, 6.07) is 4.58. The summed E-state index contributed by atoms with van der Waals surface area (Å²) in [7, 11) is -4.10. The first-order valence-corrected chi connectivity index (χ1v) is 15.3. The third-order valence-corrected chi connectivity index (χ3v) is 8.75. The molecule has 1 fully saturated rings. The lowest BCUT2D eigenvalue weighted by Crippen LogP contribution is -2.59. The van der Waals surface area contributed by atoms with Gasteiger partial charge >= 0.3 is 0 Å². The molecule has 42 heavy (non-hydrogen) atoms. The number of carbonyl (C=O) groups excluding carboxylic acids is 1. The Morgan fingerprint density at radius 1 is 1.21 bits per heavy atom. The predicted molar refractivity (Wildman–Crippen MR) is 152 cm³/mol. The zero-order valence-electron chi connectivity index (χ0n) is 23.9. The maximum Gasteiger partial charge on any atom is 0.276 e.